The average Bonchev–Trinajstić information content (AvgIpc) is 2.92. The summed E-state index contributed by atoms with van der Waals surface area (Å²) >= 11 is 6.54. The van der Waals surface area contributed by atoms with Crippen molar-refractivity contribution >= 4 is 40.3 Å². The Balaban J connectivity index is 2.03. The average molecular weight is 342 g/mol. The Morgan fingerprint density at radius 3 is 2.35 bits per heavy atom. The second-order valence-electron chi connectivity index (χ2n) is 5.74. The summed E-state index contributed by atoms with van der Waals surface area (Å²) in [5, 5.41) is 0. The van der Waals surface area contributed by atoms with Crippen LogP contribution in [0.5, 0.6) is 0 Å². The first kappa shape index (κ1) is 16.0. The molecule has 1 aliphatic rings. The van der Waals surface area contributed by atoms with E-state index in [9.17, 15) is 4.79 Å². The van der Waals surface area contributed by atoms with Gasteiger partial charge in [-0.1, -0.05) is 41.7 Å². The minimum absolute atomic E-state index is 0.0276. The number of carbonyl (C=O) groups is 1. The molecule has 23 heavy (non-hydrogen) atoms. The molecule has 0 N–H and O–H groups in total. The zero-order valence-electron chi connectivity index (χ0n) is 13.6. The molecule has 3 nitrogen and oxygen atoms in total. The van der Waals surface area contributed by atoms with Crippen molar-refractivity contribution < 1.29 is 4.79 Å². The Bertz CT molecular complexity index is 831. The van der Waals surface area contributed by atoms with Crippen LogP contribution < -0.4 is 0 Å². The van der Waals surface area contributed by atoms with E-state index in [1.165, 1.54) is 22.2 Å². The van der Waals surface area contributed by atoms with Crippen molar-refractivity contribution in [3.63, 3.8) is 0 Å². The zero-order chi connectivity index (χ0) is 16.7. The molecule has 0 unspecified atom stereocenters. The van der Waals surface area contributed by atoms with E-state index in [0.717, 1.165) is 22.6 Å². The van der Waals surface area contributed by atoms with E-state index in [-0.39, 0.29) is 5.91 Å². The van der Waals surface area contributed by atoms with Crippen LogP contribution in [0.15, 0.2) is 35.2 Å². The summed E-state index contributed by atoms with van der Waals surface area (Å²) in [6.07, 6.45) is 1.94. The molecule has 118 valence electrons. The van der Waals surface area contributed by atoms with E-state index >= 15 is 0 Å². The lowest BCUT2D eigenvalue weighted by atomic mass is 10.2. The topological polar surface area (TPSA) is 25.2 Å². The SMILES string of the molecule is Cc1ccc(-n2c(C)cc(/C=C3/SC(=S)N(C)C3=O)c2C)cc1. The van der Waals surface area contributed by atoms with E-state index in [0.29, 0.717) is 9.23 Å². The molecule has 0 spiro atoms. The number of nitrogens with zero attached hydrogens (tertiary/aromatic N) is 2. The van der Waals surface area contributed by atoms with Crippen molar-refractivity contribution in [2.45, 2.75) is 20.8 Å². The molecule has 2 heterocycles. The van der Waals surface area contributed by atoms with Gasteiger partial charge in [0.15, 0.2) is 0 Å². The zero-order valence-corrected chi connectivity index (χ0v) is 15.2. The number of rotatable bonds is 2. The molecule has 0 saturated carbocycles. The van der Waals surface area contributed by atoms with Crippen molar-refractivity contribution in [3.8, 4) is 5.69 Å². The lowest BCUT2D eigenvalue weighted by Crippen LogP contribution is -2.22. The third kappa shape index (κ3) is 2.86. The molecule has 0 aliphatic carbocycles. The maximum atomic E-state index is 12.2. The Hall–Kier alpha value is -1.85. The number of thiocarbonyl (C=S) groups is 1. The van der Waals surface area contributed by atoms with Gasteiger partial charge in [-0.3, -0.25) is 9.69 Å². The van der Waals surface area contributed by atoms with Crippen LogP contribution in [0, 0.1) is 20.8 Å². The van der Waals surface area contributed by atoms with Crippen molar-refractivity contribution in [1.29, 1.82) is 0 Å². The minimum Gasteiger partial charge on any atom is -0.318 e. The van der Waals surface area contributed by atoms with E-state index < -0.39 is 0 Å². The number of carbonyl (C=O) groups excluding carboxylic acids is 1. The standard InChI is InChI=1S/C18H18N2OS2/c1-11-5-7-15(8-6-11)20-12(2)9-14(13(20)3)10-16-17(21)19(4)18(22)23-16/h5-10H,1-4H3/b16-10+. The first-order valence-corrected chi connectivity index (χ1v) is 8.58. The predicted octanol–water partition coefficient (Wildman–Crippen LogP) is 4.23. The van der Waals surface area contributed by atoms with Crippen LogP contribution in [0.4, 0.5) is 0 Å². The van der Waals surface area contributed by atoms with Gasteiger partial charge in [0.25, 0.3) is 5.91 Å². The van der Waals surface area contributed by atoms with E-state index in [1.807, 2.05) is 6.08 Å². The fraction of sp³-hybridized carbons (Fsp3) is 0.222. The summed E-state index contributed by atoms with van der Waals surface area (Å²) in [6.45, 7) is 6.23. The van der Waals surface area contributed by atoms with Gasteiger partial charge >= 0.3 is 0 Å². The highest BCUT2D eigenvalue weighted by Crippen LogP contribution is 2.33. The monoisotopic (exact) mass is 342 g/mol. The summed E-state index contributed by atoms with van der Waals surface area (Å²) in [4.78, 5) is 14.4. The van der Waals surface area contributed by atoms with Crippen LogP contribution in [0.25, 0.3) is 11.8 Å². The minimum atomic E-state index is -0.0276. The number of hydrogen-bond acceptors (Lipinski definition) is 3. The Kier molecular flexibility index (Phi) is 4.17. The van der Waals surface area contributed by atoms with Crippen LogP contribution in [-0.4, -0.2) is 26.7 Å². The number of aromatic nitrogens is 1. The van der Waals surface area contributed by atoms with Gasteiger partial charge in [-0.25, -0.2) is 0 Å². The molecular formula is C18H18N2OS2. The van der Waals surface area contributed by atoms with Crippen molar-refractivity contribution in [2.75, 3.05) is 7.05 Å². The first-order chi connectivity index (χ1) is 10.9. The van der Waals surface area contributed by atoms with Crippen LogP contribution in [0.1, 0.15) is 22.5 Å². The molecule has 1 aromatic carbocycles. The molecule has 0 bridgehead atoms. The number of thioether (sulfide) groups is 1. The lowest BCUT2D eigenvalue weighted by molar-refractivity contribution is -0.121. The van der Waals surface area contributed by atoms with Crippen molar-refractivity contribution in [3.05, 3.63) is 57.8 Å². The van der Waals surface area contributed by atoms with Gasteiger partial charge in [0.2, 0.25) is 0 Å². The molecule has 0 atom stereocenters. The third-order valence-corrected chi connectivity index (χ3v) is 5.52. The highest BCUT2D eigenvalue weighted by molar-refractivity contribution is 8.26. The number of aryl methyl sites for hydroxylation is 2. The van der Waals surface area contributed by atoms with Gasteiger partial charge < -0.3 is 4.57 Å². The number of benzene rings is 1. The number of likely N-dealkylation sites (N-methyl/N-ethyl adjacent to an activating group) is 1. The summed E-state index contributed by atoms with van der Waals surface area (Å²) in [6, 6.07) is 10.6. The maximum Gasteiger partial charge on any atom is 0.265 e. The molecule has 5 heteroatoms. The molecule has 0 radical (unpaired) electrons. The van der Waals surface area contributed by atoms with Crippen LogP contribution in [-0.2, 0) is 4.79 Å². The molecule has 1 fully saturated rings. The van der Waals surface area contributed by atoms with Crippen molar-refractivity contribution in [2.24, 2.45) is 0 Å². The predicted molar refractivity (Wildman–Crippen MR) is 101 cm³/mol. The van der Waals surface area contributed by atoms with Crippen LogP contribution in [0.3, 0.4) is 0 Å². The highest BCUT2D eigenvalue weighted by atomic mass is 32.2. The van der Waals surface area contributed by atoms with Crippen LogP contribution >= 0.6 is 24.0 Å². The second-order valence-corrected chi connectivity index (χ2v) is 7.41. The fourth-order valence-corrected chi connectivity index (χ4v) is 3.88. The van der Waals surface area contributed by atoms with E-state index in [2.05, 4.69) is 55.7 Å². The van der Waals surface area contributed by atoms with E-state index in [4.69, 9.17) is 12.2 Å². The van der Waals surface area contributed by atoms with Crippen LogP contribution in [0.2, 0.25) is 0 Å². The quantitative estimate of drug-likeness (QED) is 0.603. The molecule has 1 amide bonds. The normalized spacial score (nSPS) is 16.7. The number of hydrogen-bond donors (Lipinski definition) is 0. The molecule has 2 aromatic rings. The summed E-state index contributed by atoms with van der Waals surface area (Å²) in [5.41, 5.74) is 5.69. The maximum absolute atomic E-state index is 12.2. The van der Waals surface area contributed by atoms with Gasteiger partial charge in [-0.15, -0.1) is 0 Å². The highest BCUT2D eigenvalue weighted by Gasteiger charge is 2.29. The number of amides is 1. The molecule has 1 aromatic heterocycles. The third-order valence-electron chi connectivity index (χ3n) is 4.04. The fourth-order valence-electron chi connectivity index (χ4n) is 2.71. The lowest BCUT2D eigenvalue weighted by Gasteiger charge is -2.10. The Morgan fingerprint density at radius 2 is 1.78 bits per heavy atom. The molecule has 3 rings (SSSR count). The van der Waals surface area contributed by atoms with Crippen molar-refractivity contribution in [1.82, 2.24) is 9.47 Å². The van der Waals surface area contributed by atoms with Gasteiger partial charge in [0.1, 0.15) is 4.32 Å². The summed E-state index contributed by atoms with van der Waals surface area (Å²) in [5.74, 6) is -0.0276. The molecule has 1 aliphatic heterocycles. The summed E-state index contributed by atoms with van der Waals surface area (Å²) < 4.78 is 2.81. The largest absolute Gasteiger partial charge is 0.318 e. The second kappa shape index (κ2) is 5.98. The molecule has 1 saturated heterocycles. The first-order valence-electron chi connectivity index (χ1n) is 7.36. The smallest absolute Gasteiger partial charge is 0.265 e. The summed E-state index contributed by atoms with van der Waals surface area (Å²) in [7, 11) is 1.72. The van der Waals surface area contributed by atoms with Gasteiger partial charge in [0.05, 0.1) is 4.91 Å². The Labute approximate surface area is 146 Å². The van der Waals surface area contributed by atoms with Gasteiger partial charge in [-0.05, 0) is 50.6 Å². The van der Waals surface area contributed by atoms with E-state index in [1.54, 1.807) is 7.05 Å². The Morgan fingerprint density at radius 1 is 1.13 bits per heavy atom. The molecular weight excluding hydrogens is 324 g/mol. The van der Waals surface area contributed by atoms with Gasteiger partial charge in [-0.2, -0.15) is 0 Å². The van der Waals surface area contributed by atoms with Gasteiger partial charge in [0, 0.05) is 24.1 Å².